The molecule has 7 heteroatoms. The summed E-state index contributed by atoms with van der Waals surface area (Å²) in [5.41, 5.74) is 3.43. The molecule has 0 saturated carbocycles. The normalized spacial score (nSPS) is 14.9. The molecule has 2 aromatic carbocycles. The summed E-state index contributed by atoms with van der Waals surface area (Å²) in [5, 5.41) is 0.975. The van der Waals surface area contributed by atoms with Crippen molar-refractivity contribution < 1.29 is 0 Å². The largest absolute Gasteiger partial charge is 0.369 e. The Morgan fingerprint density at radius 1 is 0.903 bits per heavy atom. The van der Waals surface area contributed by atoms with Gasteiger partial charge in [0.2, 0.25) is 0 Å². The molecule has 1 fully saturated rings. The van der Waals surface area contributed by atoms with Crippen molar-refractivity contribution in [1.82, 2.24) is 19.0 Å². The topological polar surface area (TPSA) is 66.3 Å². The quantitative estimate of drug-likeness (QED) is 0.556. The van der Waals surface area contributed by atoms with Crippen molar-refractivity contribution in [3.8, 4) is 5.69 Å². The molecule has 0 unspecified atom stereocenters. The molecule has 1 N–H and O–H groups in total. The van der Waals surface area contributed by atoms with Gasteiger partial charge in [-0.2, -0.15) is 0 Å². The third-order valence-electron chi connectivity index (χ3n) is 6.04. The maximum absolute atomic E-state index is 12.5. The predicted octanol–water partition coefficient (Wildman–Crippen LogP) is 2.34. The van der Waals surface area contributed by atoms with Crippen molar-refractivity contribution in [2.45, 2.75) is 6.54 Å². The molecule has 158 valence electrons. The minimum atomic E-state index is -0.428. The average molecular weight is 415 g/mol. The van der Waals surface area contributed by atoms with Crippen LogP contribution in [0.5, 0.6) is 0 Å². The summed E-state index contributed by atoms with van der Waals surface area (Å²) in [6.45, 7) is 4.76. The van der Waals surface area contributed by atoms with Gasteiger partial charge in [0.05, 0.1) is 11.2 Å². The van der Waals surface area contributed by atoms with E-state index in [1.165, 1.54) is 16.2 Å². The first kappa shape index (κ1) is 19.4. The molecule has 0 atom stereocenters. The molecule has 0 aliphatic carbocycles. The van der Waals surface area contributed by atoms with Gasteiger partial charge >= 0.3 is 5.69 Å². The number of hydrogen-bond donors (Lipinski definition) is 1. The van der Waals surface area contributed by atoms with Crippen LogP contribution in [0.1, 0.15) is 5.56 Å². The van der Waals surface area contributed by atoms with Crippen LogP contribution in [0.2, 0.25) is 0 Å². The summed E-state index contributed by atoms with van der Waals surface area (Å²) in [6, 6.07) is 18.2. The van der Waals surface area contributed by atoms with E-state index in [1.807, 2.05) is 25.4 Å². The van der Waals surface area contributed by atoms with Crippen LogP contribution in [0, 0.1) is 0 Å². The number of rotatable bonds is 4. The standard InChI is InChI=1S/C24H25N5O2/c1-26-9-7-20-21(26)15-19(16-22(20)29-10-8-23(30)25-24(29)31)28-13-11-27(12-14-28)17-18-5-3-2-4-6-18/h2-10,15-16H,11-14,17H2,1H3,(H,25,30,31). The predicted molar refractivity (Wildman–Crippen MR) is 123 cm³/mol. The fourth-order valence-corrected chi connectivity index (χ4v) is 4.33. The number of hydrogen-bond acceptors (Lipinski definition) is 4. The Kier molecular flexibility index (Phi) is 4.95. The molecule has 2 aromatic heterocycles. The van der Waals surface area contributed by atoms with Gasteiger partial charge in [0.1, 0.15) is 0 Å². The third-order valence-corrected chi connectivity index (χ3v) is 6.04. The third kappa shape index (κ3) is 3.80. The summed E-state index contributed by atoms with van der Waals surface area (Å²) in [5.74, 6) is 0. The van der Waals surface area contributed by atoms with E-state index in [-0.39, 0.29) is 0 Å². The van der Waals surface area contributed by atoms with Crippen LogP contribution in [0.4, 0.5) is 5.69 Å². The number of aryl methyl sites for hydroxylation is 1. The number of piperazine rings is 1. The monoisotopic (exact) mass is 415 g/mol. The van der Waals surface area contributed by atoms with E-state index in [4.69, 9.17) is 0 Å². The van der Waals surface area contributed by atoms with Crippen molar-refractivity contribution in [3.05, 3.63) is 93.4 Å². The first-order chi connectivity index (χ1) is 15.1. The van der Waals surface area contributed by atoms with Crippen molar-refractivity contribution in [2.24, 2.45) is 7.05 Å². The highest BCUT2D eigenvalue weighted by molar-refractivity contribution is 5.92. The van der Waals surface area contributed by atoms with Crippen LogP contribution in [0.25, 0.3) is 16.6 Å². The lowest BCUT2D eigenvalue weighted by Gasteiger charge is -2.36. The maximum atomic E-state index is 12.5. The molecule has 5 rings (SSSR count). The van der Waals surface area contributed by atoms with Crippen LogP contribution in [-0.4, -0.2) is 45.2 Å². The van der Waals surface area contributed by atoms with E-state index in [1.54, 1.807) is 6.20 Å². The lowest BCUT2D eigenvalue weighted by Crippen LogP contribution is -2.46. The second-order valence-corrected chi connectivity index (χ2v) is 8.05. The van der Waals surface area contributed by atoms with Crippen LogP contribution in [-0.2, 0) is 13.6 Å². The number of aromatic nitrogens is 3. The molecule has 7 nitrogen and oxygen atoms in total. The molecular formula is C24H25N5O2. The van der Waals surface area contributed by atoms with Gasteiger partial charge in [-0.25, -0.2) is 4.79 Å². The highest BCUT2D eigenvalue weighted by Gasteiger charge is 2.20. The van der Waals surface area contributed by atoms with Crippen molar-refractivity contribution in [3.63, 3.8) is 0 Å². The Morgan fingerprint density at radius 2 is 1.68 bits per heavy atom. The van der Waals surface area contributed by atoms with Gasteiger partial charge < -0.3 is 9.47 Å². The molecule has 3 heterocycles. The zero-order valence-electron chi connectivity index (χ0n) is 17.5. The number of anilines is 1. The minimum Gasteiger partial charge on any atom is -0.369 e. The van der Waals surface area contributed by atoms with Gasteiger partial charge in [-0.05, 0) is 23.8 Å². The van der Waals surface area contributed by atoms with Crippen molar-refractivity contribution in [1.29, 1.82) is 0 Å². The van der Waals surface area contributed by atoms with Crippen LogP contribution < -0.4 is 16.1 Å². The molecule has 4 aromatic rings. The molecular weight excluding hydrogens is 390 g/mol. The van der Waals surface area contributed by atoms with E-state index in [0.717, 1.165) is 55.0 Å². The Labute approximate surface area is 179 Å². The van der Waals surface area contributed by atoms with Gasteiger partial charge in [0.15, 0.2) is 0 Å². The van der Waals surface area contributed by atoms with E-state index < -0.39 is 11.2 Å². The minimum absolute atomic E-state index is 0.392. The molecule has 1 aliphatic rings. The second-order valence-electron chi connectivity index (χ2n) is 8.05. The molecule has 0 amide bonds. The van der Waals surface area contributed by atoms with E-state index >= 15 is 0 Å². The number of aromatic amines is 1. The molecule has 0 bridgehead atoms. The van der Waals surface area contributed by atoms with E-state index in [2.05, 4.69) is 55.7 Å². The highest BCUT2D eigenvalue weighted by atomic mass is 16.2. The number of H-pyrrole nitrogens is 1. The molecule has 1 saturated heterocycles. The summed E-state index contributed by atoms with van der Waals surface area (Å²) in [7, 11) is 2.00. The number of fused-ring (bicyclic) bond motifs is 1. The van der Waals surface area contributed by atoms with Crippen LogP contribution in [0.3, 0.4) is 0 Å². The Hall–Kier alpha value is -3.58. The summed E-state index contributed by atoms with van der Waals surface area (Å²) < 4.78 is 3.57. The molecule has 31 heavy (non-hydrogen) atoms. The molecule has 0 radical (unpaired) electrons. The average Bonchev–Trinajstić information content (AvgIpc) is 3.15. The molecule has 0 spiro atoms. The highest BCUT2D eigenvalue weighted by Crippen LogP contribution is 2.29. The summed E-state index contributed by atoms with van der Waals surface area (Å²) >= 11 is 0. The van der Waals surface area contributed by atoms with Crippen molar-refractivity contribution in [2.75, 3.05) is 31.1 Å². The number of benzene rings is 2. The van der Waals surface area contributed by atoms with Gasteiger partial charge in [0, 0.05) is 69.3 Å². The molecule has 1 aliphatic heterocycles. The van der Waals surface area contributed by atoms with Gasteiger partial charge in [-0.3, -0.25) is 19.2 Å². The van der Waals surface area contributed by atoms with E-state index in [9.17, 15) is 9.59 Å². The Balaban J connectivity index is 1.45. The van der Waals surface area contributed by atoms with Crippen molar-refractivity contribution >= 4 is 16.6 Å². The van der Waals surface area contributed by atoms with Gasteiger partial charge in [-0.1, -0.05) is 30.3 Å². The summed E-state index contributed by atoms with van der Waals surface area (Å²) in [6.07, 6.45) is 3.54. The zero-order chi connectivity index (χ0) is 21.4. The Morgan fingerprint density at radius 3 is 2.42 bits per heavy atom. The first-order valence-electron chi connectivity index (χ1n) is 10.5. The van der Waals surface area contributed by atoms with Gasteiger partial charge in [0.25, 0.3) is 5.56 Å². The lowest BCUT2D eigenvalue weighted by molar-refractivity contribution is 0.250. The zero-order valence-corrected chi connectivity index (χ0v) is 17.5. The second kappa shape index (κ2) is 7.92. The van der Waals surface area contributed by atoms with Crippen LogP contribution in [0.15, 0.2) is 76.6 Å². The fourth-order valence-electron chi connectivity index (χ4n) is 4.33. The Bertz CT molecular complexity index is 1330. The van der Waals surface area contributed by atoms with Crippen LogP contribution >= 0.6 is 0 Å². The maximum Gasteiger partial charge on any atom is 0.332 e. The smallest absolute Gasteiger partial charge is 0.332 e. The first-order valence-corrected chi connectivity index (χ1v) is 10.5. The van der Waals surface area contributed by atoms with Gasteiger partial charge in [-0.15, -0.1) is 0 Å². The lowest BCUT2D eigenvalue weighted by atomic mass is 10.1. The SMILES string of the molecule is Cn1ccc2c(-n3ccc(=O)[nH]c3=O)cc(N3CCN(Cc4ccccc4)CC3)cc21. The number of nitrogens with zero attached hydrogens (tertiary/aromatic N) is 4. The fraction of sp³-hybridized carbons (Fsp3) is 0.250. The number of nitrogens with one attached hydrogen (secondary N) is 1. The van der Waals surface area contributed by atoms with E-state index in [0.29, 0.717) is 0 Å². The summed E-state index contributed by atoms with van der Waals surface area (Å²) in [4.78, 5) is 31.2.